The molecule has 0 fully saturated rings. The lowest BCUT2D eigenvalue weighted by molar-refractivity contribution is 0.660. The molecule has 0 bridgehead atoms. The molecule has 0 spiro atoms. The second-order valence-corrected chi connectivity index (χ2v) is 14.5. The molecule has 2 heterocycles. The van der Waals surface area contributed by atoms with Gasteiger partial charge in [0.2, 0.25) is 0 Å². The zero-order valence-corrected chi connectivity index (χ0v) is 29.7. The Hall–Kier alpha value is -6.71. The fourth-order valence-corrected chi connectivity index (χ4v) is 8.44. The fourth-order valence-electron chi connectivity index (χ4n) is 8.44. The molecule has 0 amide bonds. The molecule has 10 rings (SSSR count). The number of benzene rings is 7. The normalized spacial score (nSPS) is 12.9. The molecule has 0 N–H and O–H groups in total. The van der Waals surface area contributed by atoms with Crippen LogP contribution in [0.5, 0.6) is 0 Å². The lowest BCUT2D eigenvalue weighted by Crippen LogP contribution is -2.16. The Kier molecular flexibility index (Phi) is 7.16. The van der Waals surface area contributed by atoms with Gasteiger partial charge in [-0.05, 0) is 105 Å². The summed E-state index contributed by atoms with van der Waals surface area (Å²) < 4.78 is 2.32. The van der Waals surface area contributed by atoms with Gasteiger partial charge in [0.25, 0.3) is 0 Å². The minimum atomic E-state index is -0.0912. The average molecular weight is 680 g/mol. The molecular weight excluding hydrogens is 643 g/mol. The third-order valence-corrected chi connectivity index (χ3v) is 11.1. The van der Waals surface area contributed by atoms with Crippen molar-refractivity contribution in [2.45, 2.75) is 19.3 Å². The molecule has 0 saturated carbocycles. The highest BCUT2D eigenvalue weighted by atomic mass is 15.1. The highest BCUT2D eigenvalue weighted by Gasteiger charge is 2.35. The van der Waals surface area contributed by atoms with Gasteiger partial charge in [-0.2, -0.15) is 0 Å². The maximum Gasteiger partial charge on any atom is 0.0724 e. The predicted octanol–water partition coefficient (Wildman–Crippen LogP) is 13.3. The number of rotatable bonds is 6. The van der Waals surface area contributed by atoms with Crippen LogP contribution in [0.1, 0.15) is 25.0 Å². The summed E-state index contributed by atoms with van der Waals surface area (Å²) in [4.78, 5) is 6.87. The largest absolute Gasteiger partial charge is 0.310 e. The van der Waals surface area contributed by atoms with E-state index in [0.717, 1.165) is 28.3 Å². The van der Waals surface area contributed by atoms with Crippen LogP contribution in [0.25, 0.3) is 60.9 Å². The summed E-state index contributed by atoms with van der Waals surface area (Å²) in [5.74, 6) is 0. The summed E-state index contributed by atoms with van der Waals surface area (Å²) in [6.45, 7) is 4.69. The van der Waals surface area contributed by atoms with Crippen molar-refractivity contribution in [3.8, 4) is 39.1 Å². The van der Waals surface area contributed by atoms with Gasteiger partial charge in [0.05, 0.1) is 17.2 Å². The standard InChI is InChI=1S/C50H37N3/c1-50(2)46-17-8-6-15-42(46)43-28-27-41(32-47(43)50)52(38-23-19-35(20-24-38)34-11-4-3-5-12-34)39-25-21-36(22-26-39)37-13-10-14-40(31-37)53-48-18-9-7-16-44(48)45-29-30-51-33-49(45)53/h3-33H,1-2H3. The van der Waals surface area contributed by atoms with Gasteiger partial charge >= 0.3 is 0 Å². The van der Waals surface area contributed by atoms with Gasteiger partial charge in [-0.3, -0.25) is 4.98 Å². The van der Waals surface area contributed by atoms with Crippen LogP contribution in [-0.4, -0.2) is 9.55 Å². The molecule has 1 aliphatic rings. The van der Waals surface area contributed by atoms with Crippen LogP contribution in [0.3, 0.4) is 0 Å². The van der Waals surface area contributed by atoms with Crippen LogP contribution in [0, 0.1) is 0 Å². The van der Waals surface area contributed by atoms with Crippen LogP contribution in [0.4, 0.5) is 17.1 Å². The maximum absolute atomic E-state index is 4.48. The van der Waals surface area contributed by atoms with Crippen LogP contribution >= 0.6 is 0 Å². The van der Waals surface area contributed by atoms with Gasteiger partial charge in [-0.25, -0.2) is 0 Å². The van der Waals surface area contributed by atoms with E-state index in [0.29, 0.717) is 0 Å². The topological polar surface area (TPSA) is 21.1 Å². The first kappa shape index (κ1) is 31.1. The number of pyridine rings is 1. The lowest BCUT2D eigenvalue weighted by Gasteiger charge is -2.28. The number of hydrogen-bond acceptors (Lipinski definition) is 2. The minimum Gasteiger partial charge on any atom is -0.310 e. The first-order valence-corrected chi connectivity index (χ1v) is 18.3. The van der Waals surface area contributed by atoms with Gasteiger partial charge < -0.3 is 9.47 Å². The van der Waals surface area contributed by atoms with E-state index >= 15 is 0 Å². The van der Waals surface area contributed by atoms with Gasteiger partial charge in [0.1, 0.15) is 0 Å². The molecule has 2 aromatic heterocycles. The number of anilines is 3. The molecule has 3 heteroatoms. The van der Waals surface area contributed by atoms with Crippen LogP contribution in [-0.2, 0) is 5.41 Å². The van der Waals surface area contributed by atoms with Crippen molar-refractivity contribution in [3.63, 3.8) is 0 Å². The van der Waals surface area contributed by atoms with Gasteiger partial charge in [-0.15, -0.1) is 0 Å². The highest BCUT2D eigenvalue weighted by molar-refractivity contribution is 6.09. The summed E-state index contributed by atoms with van der Waals surface area (Å²) in [5.41, 5.74) is 16.8. The summed E-state index contributed by atoms with van der Waals surface area (Å²) in [6, 6.07) is 63.9. The van der Waals surface area contributed by atoms with Crippen molar-refractivity contribution < 1.29 is 0 Å². The average Bonchev–Trinajstić information content (AvgIpc) is 3.67. The van der Waals surface area contributed by atoms with E-state index in [2.05, 4.69) is 204 Å². The van der Waals surface area contributed by atoms with E-state index in [1.807, 2.05) is 12.4 Å². The van der Waals surface area contributed by atoms with Crippen molar-refractivity contribution >= 4 is 38.9 Å². The van der Waals surface area contributed by atoms with Crippen molar-refractivity contribution in [1.29, 1.82) is 0 Å². The lowest BCUT2D eigenvalue weighted by atomic mass is 9.82. The third-order valence-electron chi connectivity index (χ3n) is 11.1. The van der Waals surface area contributed by atoms with E-state index in [-0.39, 0.29) is 5.41 Å². The van der Waals surface area contributed by atoms with Crippen LogP contribution < -0.4 is 4.90 Å². The highest BCUT2D eigenvalue weighted by Crippen LogP contribution is 2.50. The fraction of sp³-hybridized carbons (Fsp3) is 0.0600. The number of fused-ring (bicyclic) bond motifs is 6. The number of hydrogen-bond donors (Lipinski definition) is 0. The quantitative estimate of drug-likeness (QED) is 0.174. The Morgan fingerprint density at radius 3 is 1.85 bits per heavy atom. The Morgan fingerprint density at radius 1 is 0.453 bits per heavy atom. The molecule has 1 aliphatic carbocycles. The Bertz CT molecular complexity index is 2740. The monoisotopic (exact) mass is 679 g/mol. The van der Waals surface area contributed by atoms with E-state index in [1.54, 1.807) is 0 Å². The smallest absolute Gasteiger partial charge is 0.0724 e. The molecule has 252 valence electrons. The number of para-hydroxylation sites is 1. The third kappa shape index (κ3) is 5.08. The Morgan fingerprint density at radius 2 is 1.06 bits per heavy atom. The zero-order valence-electron chi connectivity index (χ0n) is 29.7. The molecule has 7 aromatic carbocycles. The van der Waals surface area contributed by atoms with E-state index < -0.39 is 0 Å². The molecule has 0 unspecified atom stereocenters. The van der Waals surface area contributed by atoms with Crippen molar-refractivity contribution in [1.82, 2.24) is 9.55 Å². The Balaban J connectivity index is 1.06. The maximum atomic E-state index is 4.48. The van der Waals surface area contributed by atoms with Crippen molar-refractivity contribution in [2.75, 3.05) is 4.90 Å². The second kappa shape index (κ2) is 12.2. The zero-order chi connectivity index (χ0) is 35.5. The van der Waals surface area contributed by atoms with Gasteiger partial charge in [-0.1, -0.05) is 129 Å². The first-order valence-electron chi connectivity index (χ1n) is 18.3. The predicted molar refractivity (Wildman–Crippen MR) is 222 cm³/mol. The molecule has 0 saturated heterocycles. The van der Waals surface area contributed by atoms with Gasteiger partial charge in [0, 0.05) is 45.1 Å². The SMILES string of the molecule is CC1(C)c2ccccc2-c2ccc(N(c3ccc(-c4ccccc4)cc3)c3ccc(-c4cccc(-n5c6ccccc6c6ccncc65)c4)cc3)cc21. The molecule has 0 atom stereocenters. The van der Waals surface area contributed by atoms with E-state index in [9.17, 15) is 0 Å². The number of nitrogens with zero attached hydrogens (tertiary/aromatic N) is 3. The molecule has 53 heavy (non-hydrogen) atoms. The summed E-state index contributed by atoms with van der Waals surface area (Å²) >= 11 is 0. The van der Waals surface area contributed by atoms with Gasteiger partial charge in [0.15, 0.2) is 0 Å². The van der Waals surface area contributed by atoms with Crippen molar-refractivity contribution in [2.24, 2.45) is 0 Å². The van der Waals surface area contributed by atoms with Crippen LogP contribution in [0.2, 0.25) is 0 Å². The summed E-state index contributed by atoms with van der Waals surface area (Å²) in [6.07, 6.45) is 3.84. The molecule has 0 aliphatic heterocycles. The van der Waals surface area contributed by atoms with E-state index in [4.69, 9.17) is 0 Å². The minimum absolute atomic E-state index is 0.0912. The van der Waals surface area contributed by atoms with E-state index in [1.165, 1.54) is 60.8 Å². The first-order chi connectivity index (χ1) is 26.0. The Labute approximate surface area is 310 Å². The number of aromatic nitrogens is 2. The second-order valence-electron chi connectivity index (χ2n) is 14.5. The molecular formula is C50H37N3. The van der Waals surface area contributed by atoms with Crippen LogP contribution in [0.15, 0.2) is 188 Å². The summed E-state index contributed by atoms with van der Waals surface area (Å²) in [7, 11) is 0. The van der Waals surface area contributed by atoms with Crippen molar-refractivity contribution in [3.05, 3.63) is 199 Å². The molecule has 9 aromatic rings. The summed E-state index contributed by atoms with van der Waals surface area (Å²) in [5, 5.41) is 2.44. The molecule has 3 nitrogen and oxygen atoms in total. The molecule has 0 radical (unpaired) electrons.